The number of benzene rings is 1. The Balaban J connectivity index is 2.66. The monoisotopic (exact) mass is 315 g/mol. The predicted molar refractivity (Wildman–Crippen MR) is 80.4 cm³/mol. The number of rotatable bonds is 10. The lowest BCUT2D eigenvalue weighted by atomic mass is 10.1. The zero-order chi connectivity index (χ0) is 15.7. The lowest BCUT2D eigenvalue weighted by Crippen LogP contribution is -2.39. The molecule has 0 heterocycles. The van der Waals surface area contributed by atoms with Crippen LogP contribution in [-0.4, -0.2) is 36.6 Å². The van der Waals surface area contributed by atoms with Crippen molar-refractivity contribution in [1.82, 2.24) is 5.32 Å². The summed E-state index contributed by atoms with van der Waals surface area (Å²) in [7, 11) is -3.29. The van der Waals surface area contributed by atoms with E-state index in [9.17, 15) is 14.5 Å². The Hall–Kier alpha value is -1.20. The molecule has 118 valence electrons. The minimum absolute atomic E-state index is 0.127. The maximum absolute atomic E-state index is 12.3. The van der Waals surface area contributed by atoms with E-state index >= 15 is 0 Å². The lowest BCUT2D eigenvalue weighted by Gasteiger charge is -2.20. The third-order valence-electron chi connectivity index (χ3n) is 2.76. The molecule has 7 heteroatoms. The number of carboxylic acids is 1. The summed E-state index contributed by atoms with van der Waals surface area (Å²) >= 11 is 0. The minimum atomic E-state index is -3.29. The van der Waals surface area contributed by atoms with Crippen molar-refractivity contribution in [1.29, 1.82) is 0 Å². The van der Waals surface area contributed by atoms with Gasteiger partial charge >= 0.3 is 13.6 Å². The number of carbonyl (C=O) groups is 1. The Kier molecular flexibility index (Phi) is 7.61. The number of nitrogens with one attached hydrogen (secondary N) is 1. The molecule has 1 aromatic carbocycles. The van der Waals surface area contributed by atoms with Crippen LogP contribution in [0.3, 0.4) is 0 Å². The molecule has 6 nitrogen and oxygen atoms in total. The van der Waals surface area contributed by atoms with Crippen LogP contribution in [0.4, 0.5) is 0 Å². The highest BCUT2D eigenvalue weighted by molar-refractivity contribution is 7.53. The molecule has 21 heavy (non-hydrogen) atoms. The van der Waals surface area contributed by atoms with Crippen molar-refractivity contribution in [3.8, 4) is 0 Å². The van der Waals surface area contributed by atoms with Gasteiger partial charge in [0.2, 0.25) is 0 Å². The van der Waals surface area contributed by atoms with Crippen LogP contribution in [0.25, 0.3) is 0 Å². The SMILES string of the molecule is CCOP(=O)(CN[C@@H](Cc1ccccc1)C(=O)O)OCC. The molecule has 0 saturated heterocycles. The van der Waals surface area contributed by atoms with Gasteiger partial charge < -0.3 is 14.2 Å². The smallest absolute Gasteiger partial charge is 0.344 e. The zero-order valence-electron chi connectivity index (χ0n) is 12.3. The first-order valence-corrected chi connectivity index (χ1v) is 8.61. The molecule has 0 saturated carbocycles. The Morgan fingerprint density at radius 3 is 2.29 bits per heavy atom. The first-order chi connectivity index (χ1) is 10.0. The maximum atomic E-state index is 12.3. The summed E-state index contributed by atoms with van der Waals surface area (Å²) < 4.78 is 22.5. The average Bonchev–Trinajstić information content (AvgIpc) is 2.45. The standard InChI is InChI=1S/C14H22NO5P/c1-3-19-21(18,20-4-2)11-15-13(14(16)17)10-12-8-6-5-7-9-12/h5-9,13,15H,3-4,10-11H2,1-2H3,(H,16,17)/t13-/m0/s1. The summed E-state index contributed by atoms with van der Waals surface area (Å²) in [6.07, 6.45) is 0.174. The second kappa shape index (κ2) is 8.95. The molecule has 0 amide bonds. The second-order valence-electron chi connectivity index (χ2n) is 4.39. The van der Waals surface area contributed by atoms with Gasteiger partial charge in [-0.25, -0.2) is 0 Å². The van der Waals surface area contributed by atoms with E-state index in [1.165, 1.54) is 0 Å². The van der Waals surface area contributed by atoms with E-state index in [1.807, 2.05) is 30.3 Å². The molecule has 0 spiro atoms. The van der Waals surface area contributed by atoms with Crippen molar-refractivity contribution >= 4 is 13.6 Å². The third kappa shape index (κ3) is 6.40. The number of hydrogen-bond donors (Lipinski definition) is 2. The molecule has 0 fully saturated rings. The highest BCUT2D eigenvalue weighted by Gasteiger charge is 2.27. The summed E-state index contributed by atoms with van der Waals surface area (Å²) in [6, 6.07) is 8.41. The van der Waals surface area contributed by atoms with Gasteiger partial charge in [-0.1, -0.05) is 30.3 Å². The van der Waals surface area contributed by atoms with E-state index in [1.54, 1.807) is 13.8 Å². The minimum Gasteiger partial charge on any atom is -0.480 e. The summed E-state index contributed by atoms with van der Waals surface area (Å²) in [6.45, 7) is 3.92. The van der Waals surface area contributed by atoms with E-state index in [-0.39, 0.29) is 19.5 Å². The molecule has 0 radical (unpaired) electrons. The van der Waals surface area contributed by atoms with Gasteiger partial charge in [0.1, 0.15) is 6.04 Å². The van der Waals surface area contributed by atoms with Gasteiger partial charge in [0.25, 0.3) is 0 Å². The van der Waals surface area contributed by atoms with Crippen LogP contribution >= 0.6 is 7.60 Å². The summed E-state index contributed by atoms with van der Waals surface area (Å²) in [5, 5.41) is 12.0. The largest absolute Gasteiger partial charge is 0.480 e. The van der Waals surface area contributed by atoms with E-state index in [2.05, 4.69) is 5.32 Å². The van der Waals surface area contributed by atoms with Crippen molar-refractivity contribution < 1.29 is 23.5 Å². The van der Waals surface area contributed by atoms with Crippen LogP contribution in [0.2, 0.25) is 0 Å². The highest BCUT2D eigenvalue weighted by atomic mass is 31.2. The normalized spacial score (nSPS) is 13.0. The molecule has 0 aliphatic rings. The summed E-state index contributed by atoms with van der Waals surface area (Å²) in [5.41, 5.74) is 0.889. The van der Waals surface area contributed by atoms with Crippen molar-refractivity contribution in [2.45, 2.75) is 26.3 Å². The number of hydrogen-bond acceptors (Lipinski definition) is 5. The van der Waals surface area contributed by atoms with Crippen molar-refractivity contribution in [2.24, 2.45) is 0 Å². The van der Waals surface area contributed by atoms with Crippen LogP contribution in [0.5, 0.6) is 0 Å². The van der Waals surface area contributed by atoms with Crippen molar-refractivity contribution in [2.75, 3.05) is 19.5 Å². The first-order valence-electron chi connectivity index (χ1n) is 6.89. The third-order valence-corrected chi connectivity index (χ3v) is 4.64. The van der Waals surface area contributed by atoms with Crippen LogP contribution in [0.15, 0.2) is 30.3 Å². The van der Waals surface area contributed by atoms with E-state index in [0.717, 1.165) is 5.56 Å². The Morgan fingerprint density at radius 1 is 1.24 bits per heavy atom. The van der Waals surface area contributed by atoms with Crippen LogP contribution in [-0.2, 0) is 24.8 Å². The van der Waals surface area contributed by atoms with Gasteiger partial charge in [-0.2, -0.15) is 0 Å². The molecule has 1 atom stereocenters. The van der Waals surface area contributed by atoms with Gasteiger partial charge in [0, 0.05) is 0 Å². The molecule has 1 rings (SSSR count). The number of carboxylic acid groups (broad SMARTS) is 1. The summed E-state index contributed by atoms with van der Waals surface area (Å²) in [5.74, 6) is -1.00. The molecular weight excluding hydrogens is 293 g/mol. The van der Waals surface area contributed by atoms with Gasteiger partial charge in [0.15, 0.2) is 0 Å². The predicted octanol–water partition coefficient (Wildman–Crippen LogP) is 2.50. The topological polar surface area (TPSA) is 84.9 Å². The van der Waals surface area contributed by atoms with Crippen LogP contribution in [0, 0.1) is 0 Å². The van der Waals surface area contributed by atoms with Crippen LogP contribution in [0.1, 0.15) is 19.4 Å². The quantitative estimate of drug-likeness (QED) is 0.645. The Bertz CT molecular complexity index is 470. The molecule has 0 aliphatic heterocycles. The van der Waals surface area contributed by atoms with E-state index in [0.29, 0.717) is 6.42 Å². The van der Waals surface area contributed by atoms with Gasteiger partial charge in [-0.3, -0.25) is 14.7 Å². The fourth-order valence-corrected chi connectivity index (χ4v) is 3.33. The first kappa shape index (κ1) is 17.9. The van der Waals surface area contributed by atoms with Crippen LogP contribution < -0.4 is 5.32 Å². The second-order valence-corrected chi connectivity index (χ2v) is 6.44. The van der Waals surface area contributed by atoms with Crippen molar-refractivity contribution in [3.63, 3.8) is 0 Å². The van der Waals surface area contributed by atoms with Crippen molar-refractivity contribution in [3.05, 3.63) is 35.9 Å². The molecule has 0 aliphatic carbocycles. The summed E-state index contributed by atoms with van der Waals surface area (Å²) in [4.78, 5) is 11.3. The molecular formula is C14H22NO5P. The van der Waals surface area contributed by atoms with E-state index < -0.39 is 19.6 Å². The number of aliphatic carboxylic acids is 1. The lowest BCUT2D eigenvalue weighted by molar-refractivity contribution is -0.139. The maximum Gasteiger partial charge on any atom is 0.344 e. The average molecular weight is 315 g/mol. The molecule has 2 N–H and O–H groups in total. The van der Waals surface area contributed by atoms with E-state index in [4.69, 9.17) is 9.05 Å². The molecule has 0 unspecified atom stereocenters. The Morgan fingerprint density at radius 2 is 1.81 bits per heavy atom. The van der Waals surface area contributed by atoms with Gasteiger partial charge in [-0.05, 0) is 25.8 Å². The highest BCUT2D eigenvalue weighted by Crippen LogP contribution is 2.46. The Labute approximate surface area is 125 Å². The fourth-order valence-electron chi connectivity index (χ4n) is 1.84. The zero-order valence-corrected chi connectivity index (χ0v) is 13.2. The fraction of sp³-hybridized carbons (Fsp3) is 0.500. The van der Waals surface area contributed by atoms with Gasteiger partial charge in [0.05, 0.1) is 19.5 Å². The molecule has 0 aromatic heterocycles. The van der Waals surface area contributed by atoms with Gasteiger partial charge in [-0.15, -0.1) is 0 Å². The molecule has 1 aromatic rings. The molecule has 0 bridgehead atoms.